The Labute approximate surface area is 94.5 Å². The number of nitrogens with two attached hydrogens (primary N) is 1. The number of aromatic nitrogens is 2. The number of nitrogen functional groups attached to an aromatic ring is 1. The number of aryl methyl sites for hydroxylation is 1. The fourth-order valence-electron chi connectivity index (χ4n) is 1.43. The summed E-state index contributed by atoms with van der Waals surface area (Å²) >= 11 is 0. The number of amides is 1. The van der Waals surface area contributed by atoms with Gasteiger partial charge in [-0.1, -0.05) is 6.92 Å². The molecule has 1 rings (SSSR count). The third kappa shape index (κ3) is 2.96. The number of anilines is 1. The first-order valence-corrected chi connectivity index (χ1v) is 5.13. The minimum Gasteiger partial charge on any atom is -0.384 e. The van der Waals surface area contributed by atoms with Crippen LogP contribution in [0.3, 0.4) is 0 Å². The SMILES string of the molecule is COCC(C)CNC(=O)c1c(N)n[nH]c1C. The molecule has 16 heavy (non-hydrogen) atoms. The molecule has 0 fully saturated rings. The maximum Gasteiger partial charge on any atom is 0.256 e. The highest BCUT2D eigenvalue weighted by molar-refractivity contribution is 5.99. The van der Waals surface area contributed by atoms with Gasteiger partial charge in [0.05, 0.1) is 6.61 Å². The average molecular weight is 226 g/mol. The molecule has 0 saturated heterocycles. The van der Waals surface area contributed by atoms with Crippen LogP contribution in [0.15, 0.2) is 0 Å². The summed E-state index contributed by atoms with van der Waals surface area (Å²) in [7, 11) is 1.64. The van der Waals surface area contributed by atoms with Crippen LogP contribution in [0.25, 0.3) is 0 Å². The van der Waals surface area contributed by atoms with Gasteiger partial charge in [-0.2, -0.15) is 5.10 Å². The highest BCUT2D eigenvalue weighted by Crippen LogP contribution is 2.11. The summed E-state index contributed by atoms with van der Waals surface area (Å²) in [6, 6.07) is 0. The van der Waals surface area contributed by atoms with Gasteiger partial charge in [0, 0.05) is 19.3 Å². The Balaban J connectivity index is 2.53. The standard InChI is InChI=1S/C10H18N4O2/c1-6(5-16-3)4-12-10(15)8-7(2)13-14-9(8)11/h6H,4-5H2,1-3H3,(H,12,15)(H3,11,13,14). The van der Waals surface area contributed by atoms with E-state index in [4.69, 9.17) is 10.5 Å². The fourth-order valence-corrected chi connectivity index (χ4v) is 1.43. The van der Waals surface area contributed by atoms with Crippen LogP contribution < -0.4 is 11.1 Å². The second-order valence-electron chi connectivity index (χ2n) is 3.88. The van der Waals surface area contributed by atoms with Crippen molar-refractivity contribution in [1.82, 2.24) is 15.5 Å². The van der Waals surface area contributed by atoms with Crippen molar-refractivity contribution in [2.24, 2.45) is 5.92 Å². The molecule has 0 aliphatic carbocycles. The number of rotatable bonds is 5. The van der Waals surface area contributed by atoms with Crippen LogP contribution in [0.5, 0.6) is 0 Å². The zero-order valence-corrected chi connectivity index (χ0v) is 9.83. The lowest BCUT2D eigenvalue weighted by molar-refractivity contribution is 0.0934. The molecule has 90 valence electrons. The van der Waals surface area contributed by atoms with Crippen LogP contribution in [-0.4, -0.2) is 36.4 Å². The molecule has 1 amide bonds. The largest absolute Gasteiger partial charge is 0.384 e. The number of nitrogens with one attached hydrogen (secondary N) is 2. The molecule has 0 aliphatic heterocycles. The van der Waals surface area contributed by atoms with Gasteiger partial charge in [0.1, 0.15) is 5.56 Å². The summed E-state index contributed by atoms with van der Waals surface area (Å²) in [6.45, 7) is 4.92. The molecule has 0 saturated carbocycles. The van der Waals surface area contributed by atoms with Crippen LogP contribution in [-0.2, 0) is 4.74 Å². The Kier molecular flexibility index (Phi) is 4.30. The van der Waals surface area contributed by atoms with E-state index in [1.807, 2.05) is 6.92 Å². The Hall–Kier alpha value is -1.56. The van der Waals surface area contributed by atoms with Crippen molar-refractivity contribution in [2.75, 3.05) is 26.0 Å². The summed E-state index contributed by atoms with van der Waals surface area (Å²) in [5.41, 5.74) is 6.68. The maximum absolute atomic E-state index is 11.8. The Morgan fingerprint density at radius 2 is 2.38 bits per heavy atom. The van der Waals surface area contributed by atoms with Crippen LogP contribution in [0, 0.1) is 12.8 Å². The van der Waals surface area contributed by atoms with Crippen molar-refractivity contribution in [3.8, 4) is 0 Å². The van der Waals surface area contributed by atoms with Gasteiger partial charge in [0.15, 0.2) is 5.82 Å². The molecular formula is C10H18N4O2. The van der Waals surface area contributed by atoms with E-state index in [0.29, 0.717) is 24.4 Å². The number of methoxy groups -OCH3 is 1. The number of aromatic amines is 1. The lowest BCUT2D eigenvalue weighted by atomic mass is 10.2. The van der Waals surface area contributed by atoms with E-state index in [1.165, 1.54) is 0 Å². The van der Waals surface area contributed by atoms with Crippen molar-refractivity contribution in [1.29, 1.82) is 0 Å². The van der Waals surface area contributed by atoms with Crippen molar-refractivity contribution in [3.63, 3.8) is 0 Å². The first-order chi connectivity index (χ1) is 7.56. The first kappa shape index (κ1) is 12.5. The highest BCUT2D eigenvalue weighted by atomic mass is 16.5. The molecule has 4 N–H and O–H groups in total. The third-order valence-corrected chi connectivity index (χ3v) is 2.26. The van der Waals surface area contributed by atoms with E-state index >= 15 is 0 Å². The molecule has 1 atom stereocenters. The van der Waals surface area contributed by atoms with Crippen molar-refractivity contribution in [3.05, 3.63) is 11.3 Å². The molecule has 6 nitrogen and oxygen atoms in total. The molecule has 1 aromatic rings. The number of hydrogen-bond acceptors (Lipinski definition) is 4. The van der Waals surface area contributed by atoms with E-state index in [1.54, 1.807) is 14.0 Å². The van der Waals surface area contributed by atoms with E-state index in [2.05, 4.69) is 15.5 Å². The number of hydrogen-bond donors (Lipinski definition) is 3. The quantitative estimate of drug-likeness (QED) is 0.673. The Bertz CT molecular complexity index is 342. The van der Waals surface area contributed by atoms with Gasteiger partial charge in [-0.15, -0.1) is 0 Å². The van der Waals surface area contributed by atoms with Crippen LogP contribution in [0.4, 0.5) is 5.82 Å². The zero-order chi connectivity index (χ0) is 12.1. The zero-order valence-electron chi connectivity index (χ0n) is 9.83. The minimum absolute atomic E-state index is 0.202. The molecule has 0 bridgehead atoms. The number of nitrogens with zero attached hydrogens (tertiary/aromatic N) is 1. The predicted octanol–water partition coefficient (Wildman–Crippen LogP) is 0.313. The van der Waals surface area contributed by atoms with Crippen LogP contribution >= 0.6 is 0 Å². The number of carbonyl (C=O) groups is 1. The van der Waals surface area contributed by atoms with E-state index < -0.39 is 0 Å². The third-order valence-electron chi connectivity index (χ3n) is 2.26. The summed E-state index contributed by atoms with van der Waals surface area (Å²) in [4.78, 5) is 11.8. The van der Waals surface area contributed by atoms with E-state index in [9.17, 15) is 4.79 Å². The predicted molar refractivity (Wildman–Crippen MR) is 61.1 cm³/mol. The average Bonchev–Trinajstić information content (AvgIpc) is 2.56. The summed E-state index contributed by atoms with van der Waals surface area (Å²) < 4.78 is 4.98. The number of carbonyl (C=O) groups excluding carboxylic acids is 1. The van der Waals surface area contributed by atoms with Crippen molar-refractivity contribution < 1.29 is 9.53 Å². The van der Waals surface area contributed by atoms with E-state index in [-0.39, 0.29) is 17.6 Å². The lowest BCUT2D eigenvalue weighted by Crippen LogP contribution is -2.30. The van der Waals surface area contributed by atoms with Gasteiger partial charge in [-0.3, -0.25) is 9.89 Å². The smallest absolute Gasteiger partial charge is 0.256 e. The van der Waals surface area contributed by atoms with E-state index in [0.717, 1.165) is 0 Å². The topological polar surface area (TPSA) is 93.0 Å². The van der Waals surface area contributed by atoms with Gasteiger partial charge < -0.3 is 15.8 Å². The van der Waals surface area contributed by atoms with Crippen LogP contribution in [0.2, 0.25) is 0 Å². The van der Waals surface area contributed by atoms with Crippen LogP contribution in [0.1, 0.15) is 23.0 Å². The molecule has 1 unspecified atom stereocenters. The molecule has 0 radical (unpaired) electrons. The molecular weight excluding hydrogens is 208 g/mol. The Morgan fingerprint density at radius 1 is 1.69 bits per heavy atom. The minimum atomic E-state index is -0.202. The Morgan fingerprint density at radius 3 is 2.88 bits per heavy atom. The molecule has 1 aromatic heterocycles. The summed E-state index contributed by atoms with van der Waals surface area (Å²) in [6.07, 6.45) is 0. The molecule has 1 heterocycles. The molecule has 0 aliphatic rings. The molecule has 6 heteroatoms. The summed E-state index contributed by atoms with van der Waals surface area (Å²) in [5.74, 6) is 0.295. The first-order valence-electron chi connectivity index (χ1n) is 5.13. The maximum atomic E-state index is 11.8. The molecule has 0 spiro atoms. The van der Waals surface area contributed by atoms with Gasteiger partial charge in [-0.25, -0.2) is 0 Å². The highest BCUT2D eigenvalue weighted by Gasteiger charge is 2.16. The lowest BCUT2D eigenvalue weighted by Gasteiger charge is -2.11. The van der Waals surface area contributed by atoms with Gasteiger partial charge in [0.25, 0.3) is 5.91 Å². The van der Waals surface area contributed by atoms with Gasteiger partial charge >= 0.3 is 0 Å². The molecule has 0 aromatic carbocycles. The van der Waals surface area contributed by atoms with Crippen molar-refractivity contribution >= 4 is 11.7 Å². The number of ether oxygens (including phenoxy) is 1. The van der Waals surface area contributed by atoms with Crippen molar-refractivity contribution in [2.45, 2.75) is 13.8 Å². The number of H-pyrrole nitrogens is 1. The normalized spacial score (nSPS) is 12.4. The van der Waals surface area contributed by atoms with Gasteiger partial charge in [-0.05, 0) is 12.8 Å². The monoisotopic (exact) mass is 226 g/mol. The second kappa shape index (κ2) is 5.50. The fraction of sp³-hybridized carbons (Fsp3) is 0.600. The van der Waals surface area contributed by atoms with Gasteiger partial charge in [0.2, 0.25) is 0 Å². The second-order valence-corrected chi connectivity index (χ2v) is 3.88. The summed E-state index contributed by atoms with van der Waals surface area (Å²) in [5, 5.41) is 9.23.